The van der Waals surface area contributed by atoms with E-state index in [1.54, 1.807) is 6.07 Å². The summed E-state index contributed by atoms with van der Waals surface area (Å²) in [5.74, 6) is -1.65. The molecule has 1 aromatic heterocycles. The molecular formula is C15H21N3O5. The number of amides is 2. The third kappa shape index (κ3) is 5.08. The first-order valence-electron chi connectivity index (χ1n) is 7.63. The van der Waals surface area contributed by atoms with E-state index in [2.05, 4.69) is 15.8 Å². The van der Waals surface area contributed by atoms with Crippen molar-refractivity contribution in [2.24, 2.45) is 5.92 Å². The average molecular weight is 323 g/mol. The quantitative estimate of drug-likeness (QED) is 0.653. The van der Waals surface area contributed by atoms with Crippen molar-refractivity contribution < 1.29 is 24.0 Å². The van der Waals surface area contributed by atoms with Crippen molar-refractivity contribution in [1.82, 2.24) is 15.8 Å². The van der Waals surface area contributed by atoms with Gasteiger partial charge < -0.3 is 20.3 Å². The van der Waals surface area contributed by atoms with Crippen LogP contribution in [0.25, 0.3) is 0 Å². The zero-order valence-corrected chi connectivity index (χ0v) is 13.2. The molecule has 23 heavy (non-hydrogen) atoms. The van der Waals surface area contributed by atoms with Crippen molar-refractivity contribution >= 4 is 17.8 Å². The SMILES string of the molecule is CC(C)C[C@H](NC(=O)CNC(=O)c1cc(C2CC2)no1)C(=O)O. The summed E-state index contributed by atoms with van der Waals surface area (Å²) in [7, 11) is 0. The third-order valence-electron chi connectivity index (χ3n) is 3.50. The first kappa shape index (κ1) is 17.0. The number of hydrogen-bond donors (Lipinski definition) is 3. The minimum Gasteiger partial charge on any atom is -0.480 e. The molecule has 0 bridgehead atoms. The number of aromatic nitrogens is 1. The molecule has 1 atom stereocenters. The Morgan fingerprint density at radius 3 is 2.65 bits per heavy atom. The Labute approximate surface area is 133 Å². The second-order valence-corrected chi connectivity index (χ2v) is 6.16. The molecule has 0 unspecified atom stereocenters. The number of carboxylic acid groups (broad SMARTS) is 1. The van der Waals surface area contributed by atoms with Crippen LogP contribution in [0.5, 0.6) is 0 Å². The van der Waals surface area contributed by atoms with Gasteiger partial charge in [-0.25, -0.2) is 4.79 Å². The predicted molar refractivity (Wildman–Crippen MR) is 79.8 cm³/mol. The van der Waals surface area contributed by atoms with E-state index < -0.39 is 23.8 Å². The standard InChI is InChI=1S/C15H21N3O5/c1-8(2)5-11(15(21)22)17-13(19)7-16-14(20)12-6-10(18-23-12)9-3-4-9/h6,8-9,11H,3-5,7H2,1-2H3,(H,16,20)(H,17,19)(H,21,22)/t11-/m0/s1. The van der Waals surface area contributed by atoms with Crippen LogP contribution in [0.4, 0.5) is 0 Å². The highest BCUT2D eigenvalue weighted by atomic mass is 16.5. The van der Waals surface area contributed by atoms with Crippen LogP contribution in [0.15, 0.2) is 10.6 Å². The van der Waals surface area contributed by atoms with Gasteiger partial charge in [-0.2, -0.15) is 0 Å². The minimum atomic E-state index is -1.09. The van der Waals surface area contributed by atoms with Gasteiger partial charge in [0.1, 0.15) is 6.04 Å². The fraction of sp³-hybridized carbons (Fsp3) is 0.600. The van der Waals surface area contributed by atoms with Crippen molar-refractivity contribution in [2.75, 3.05) is 6.54 Å². The first-order chi connectivity index (χ1) is 10.9. The number of carbonyl (C=O) groups excluding carboxylic acids is 2. The van der Waals surface area contributed by atoms with Gasteiger partial charge in [-0.05, 0) is 25.2 Å². The van der Waals surface area contributed by atoms with E-state index in [1.807, 2.05) is 13.8 Å². The number of aliphatic carboxylic acids is 1. The Morgan fingerprint density at radius 2 is 2.09 bits per heavy atom. The molecule has 8 heteroatoms. The molecule has 0 spiro atoms. The van der Waals surface area contributed by atoms with Gasteiger partial charge in [-0.3, -0.25) is 9.59 Å². The number of nitrogens with one attached hydrogen (secondary N) is 2. The molecule has 1 aliphatic carbocycles. The molecule has 1 aromatic rings. The third-order valence-corrected chi connectivity index (χ3v) is 3.50. The predicted octanol–water partition coefficient (Wildman–Crippen LogP) is 0.897. The van der Waals surface area contributed by atoms with Gasteiger partial charge >= 0.3 is 5.97 Å². The van der Waals surface area contributed by atoms with Crippen LogP contribution < -0.4 is 10.6 Å². The molecule has 1 aliphatic rings. The number of nitrogens with zero attached hydrogens (tertiary/aromatic N) is 1. The maximum atomic E-state index is 11.9. The molecule has 2 rings (SSSR count). The monoisotopic (exact) mass is 323 g/mol. The summed E-state index contributed by atoms with van der Waals surface area (Å²) in [5, 5.41) is 17.7. The van der Waals surface area contributed by atoms with Crippen LogP contribution in [0.1, 0.15) is 55.3 Å². The zero-order valence-electron chi connectivity index (χ0n) is 13.2. The molecule has 0 saturated heterocycles. The van der Waals surface area contributed by atoms with Crippen LogP contribution in [0.2, 0.25) is 0 Å². The molecular weight excluding hydrogens is 302 g/mol. The van der Waals surface area contributed by atoms with Gasteiger partial charge in [-0.1, -0.05) is 19.0 Å². The first-order valence-corrected chi connectivity index (χ1v) is 7.63. The summed E-state index contributed by atoms with van der Waals surface area (Å²) in [5.41, 5.74) is 0.752. The fourth-order valence-electron chi connectivity index (χ4n) is 2.15. The van der Waals surface area contributed by atoms with Crippen LogP contribution in [-0.2, 0) is 9.59 Å². The average Bonchev–Trinajstić information content (AvgIpc) is 3.21. The summed E-state index contributed by atoms with van der Waals surface area (Å²) < 4.78 is 4.94. The largest absolute Gasteiger partial charge is 0.480 e. The summed E-state index contributed by atoms with van der Waals surface area (Å²) in [6.07, 6.45) is 2.41. The summed E-state index contributed by atoms with van der Waals surface area (Å²) in [6.45, 7) is 3.41. The molecule has 2 amide bonds. The second-order valence-electron chi connectivity index (χ2n) is 6.16. The fourth-order valence-corrected chi connectivity index (χ4v) is 2.15. The van der Waals surface area contributed by atoms with Crippen LogP contribution in [0, 0.1) is 5.92 Å². The Bertz CT molecular complexity index is 592. The molecule has 8 nitrogen and oxygen atoms in total. The number of hydrogen-bond acceptors (Lipinski definition) is 5. The van der Waals surface area contributed by atoms with Crippen molar-refractivity contribution in [3.05, 3.63) is 17.5 Å². The van der Waals surface area contributed by atoms with E-state index >= 15 is 0 Å². The maximum Gasteiger partial charge on any atom is 0.326 e. The van der Waals surface area contributed by atoms with Gasteiger partial charge in [0.25, 0.3) is 5.91 Å². The van der Waals surface area contributed by atoms with Gasteiger partial charge in [0.15, 0.2) is 0 Å². The summed E-state index contributed by atoms with van der Waals surface area (Å²) in [4.78, 5) is 34.7. The Kier molecular flexibility index (Phi) is 5.36. The van der Waals surface area contributed by atoms with E-state index in [4.69, 9.17) is 9.63 Å². The molecule has 3 N–H and O–H groups in total. The molecule has 1 heterocycles. The molecule has 1 fully saturated rings. The lowest BCUT2D eigenvalue weighted by Gasteiger charge is -2.16. The van der Waals surface area contributed by atoms with Crippen molar-refractivity contribution in [3.63, 3.8) is 0 Å². The molecule has 0 radical (unpaired) electrons. The van der Waals surface area contributed by atoms with Crippen LogP contribution >= 0.6 is 0 Å². The number of rotatable bonds is 8. The molecule has 0 aromatic carbocycles. The van der Waals surface area contributed by atoms with E-state index in [1.165, 1.54) is 0 Å². The lowest BCUT2D eigenvalue weighted by atomic mass is 10.0. The molecule has 1 saturated carbocycles. The van der Waals surface area contributed by atoms with Crippen molar-refractivity contribution in [2.45, 2.75) is 45.1 Å². The lowest BCUT2D eigenvalue weighted by molar-refractivity contribution is -0.142. The van der Waals surface area contributed by atoms with Gasteiger partial charge in [0.2, 0.25) is 11.7 Å². The molecule has 126 valence electrons. The zero-order chi connectivity index (χ0) is 17.0. The second kappa shape index (κ2) is 7.26. The Balaban J connectivity index is 1.80. The Morgan fingerprint density at radius 1 is 1.39 bits per heavy atom. The summed E-state index contributed by atoms with van der Waals surface area (Å²) >= 11 is 0. The van der Waals surface area contributed by atoms with Gasteiger partial charge in [0.05, 0.1) is 12.2 Å². The number of carboxylic acids is 1. The van der Waals surface area contributed by atoms with E-state index in [0.717, 1.165) is 18.5 Å². The lowest BCUT2D eigenvalue weighted by Crippen LogP contribution is -2.46. The smallest absolute Gasteiger partial charge is 0.326 e. The van der Waals surface area contributed by atoms with Gasteiger partial charge in [0, 0.05) is 12.0 Å². The molecule has 0 aliphatic heterocycles. The topological polar surface area (TPSA) is 122 Å². The maximum absolute atomic E-state index is 11.9. The highest BCUT2D eigenvalue weighted by molar-refractivity contribution is 5.94. The van der Waals surface area contributed by atoms with Crippen molar-refractivity contribution in [3.8, 4) is 0 Å². The van der Waals surface area contributed by atoms with Crippen LogP contribution in [-0.4, -0.2) is 40.6 Å². The highest BCUT2D eigenvalue weighted by Gasteiger charge is 2.28. The van der Waals surface area contributed by atoms with E-state index in [-0.39, 0.29) is 18.2 Å². The van der Waals surface area contributed by atoms with E-state index in [9.17, 15) is 14.4 Å². The normalized spacial score (nSPS) is 15.3. The summed E-state index contributed by atoms with van der Waals surface area (Å²) in [6, 6.07) is 0.607. The van der Waals surface area contributed by atoms with E-state index in [0.29, 0.717) is 12.3 Å². The van der Waals surface area contributed by atoms with Crippen LogP contribution in [0.3, 0.4) is 0 Å². The van der Waals surface area contributed by atoms with Crippen molar-refractivity contribution in [1.29, 1.82) is 0 Å². The minimum absolute atomic E-state index is 0.0525. The van der Waals surface area contributed by atoms with Gasteiger partial charge in [-0.15, -0.1) is 0 Å². The Hall–Kier alpha value is -2.38. The highest BCUT2D eigenvalue weighted by Crippen LogP contribution is 2.39. The number of carbonyl (C=O) groups is 3.